The average Bonchev–Trinajstić information content (AvgIpc) is 3.70. The van der Waals surface area contributed by atoms with Crippen LogP contribution >= 0.6 is 11.6 Å². The first kappa shape index (κ1) is 28.6. The van der Waals surface area contributed by atoms with Crippen molar-refractivity contribution in [1.29, 1.82) is 0 Å². The fourth-order valence-electron chi connectivity index (χ4n) is 3.71. The number of hydrogen-bond acceptors (Lipinski definition) is 7. The van der Waals surface area contributed by atoms with E-state index in [-0.39, 0.29) is 33.8 Å². The van der Waals surface area contributed by atoms with E-state index in [0.29, 0.717) is 11.3 Å². The van der Waals surface area contributed by atoms with Gasteiger partial charge in [0, 0.05) is 22.9 Å². The number of ether oxygens (including phenoxy) is 2. The van der Waals surface area contributed by atoms with Gasteiger partial charge in [0.2, 0.25) is 5.60 Å². The zero-order valence-electron chi connectivity index (χ0n) is 21.5. The van der Waals surface area contributed by atoms with Gasteiger partial charge in [-0.1, -0.05) is 11.6 Å². The zero-order chi connectivity index (χ0) is 28.6. The van der Waals surface area contributed by atoms with Gasteiger partial charge >= 0.3 is 6.18 Å². The molecule has 1 unspecified atom stereocenters. The summed E-state index contributed by atoms with van der Waals surface area (Å²) in [5.41, 5.74) is 1.60. The molecule has 1 amide bonds. The minimum atomic E-state index is -5.21. The maximum absolute atomic E-state index is 14.4. The van der Waals surface area contributed by atoms with Gasteiger partial charge in [0.05, 0.1) is 31.1 Å². The predicted octanol–water partition coefficient (Wildman–Crippen LogP) is 4.72. The number of hydrogen-bond donors (Lipinski definition) is 3. The molecule has 0 saturated heterocycles. The molecule has 4 N–H and O–H groups in total. The summed E-state index contributed by atoms with van der Waals surface area (Å²) in [6, 6.07) is 9.88. The third kappa shape index (κ3) is 6.43. The molecule has 3 aromatic rings. The Labute approximate surface area is 228 Å². The Kier molecular flexibility index (Phi) is 7.79. The van der Waals surface area contributed by atoms with E-state index in [1.807, 2.05) is 0 Å². The monoisotopic (exact) mass is 564 g/mol. The summed E-state index contributed by atoms with van der Waals surface area (Å²) in [6.45, 7) is 2.00. The number of nitrogens with one attached hydrogen (secondary N) is 1. The third-order valence-corrected chi connectivity index (χ3v) is 6.46. The molecular weight excluding hydrogens is 537 g/mol. The van der Waals surface area contributed by atoms with Gasteiger partial charge in [0.25, 0.3) is 5.91 Å². The van der Waals surface area contributed by atoms with Crippen molar-refractivity contribution in [2.75, 3.05) is 13.7 Å². The number of pyridine rings is 2. The second-order valence-electron chi connectivity index (χ2n) is 9.94. The van der Waals surface area contributed by atoms with E-state index < -0.39 is 35.5 Å². The van der Waals surface area contributed by atoms with Gasteiger partial charge < -0.3 is 25.6 Å². The number of benzene rings is 1. The number of nitrogens with zero attached hydrogens (tertiary/aromatic N) is 2. The van der Waals surface area contributed by atoms with Crippen LogP contribution in [0.2, 0.25) is 5.15 Å². The van der Waals surface area contributed by atoms with Crippen molar-refractivity contribution in [3.05, 3.63) is 70.6 Å². The topological polar surface area (TPSA) is 120 Å². The number of aromatic nitrogens is 2. The van der Waals surface area contributed by atoms with Crippen LogP contribution in [0.1, 0.15) is 48.3 Å². The van der Waals surface area contributed by atoms with Crippen molar-refractivity contribution in [2.45, 2.75) is 50.1 Å². The Hall–Kier alpha value is -3.41. The average molecular weight is 565 g/mol. The smallest absolute Gasteiger partial charge is 0.424 e. The normalized spacial score (nSPS) is 15.4. The van der Waals surface area contributed by atoms with Gasteiger partial charge in [-0.2, -0.15) is 13.2 Å². The van der Waals surface area contributed by atoms with Gasteiger partial charge in [-0.05, 0) is 74.7 Å². The lowest BCUT2D eigenvalue weighted by atomic mass is 9.89. The van der Waals surface area contributed by atoms with E-state index in [0.717, 1.165) is 18.9 Å². The number of alkyl halides is 3. The molecule has 208 valence electrons. The van der Waals surface area contributed by atoms with Crippen LogP contribution < -0.4 is 20.5 Å². The van der Waals surface area contributed by atoms with E-state index in [4.69, 9.17) is 26.8 Å². The molecule has 1 aliphatic rings. The highest BCUT2D eigenvalue weighted by Gasteiger charge is 2.56. The molecule has 39 heavy (non-hydrogen) atoms. The van der Waals surface area contributed by atoms with E-state index in [1.54, 1.807) is 13.8 Å². The van der Waals surface area contributed by atoms with Crippen molar-refractivity contribution in [2.24, 2.45) is 5.73 Å². The van der Waals surface area contributed by atoms with Gasteiger partial charge in [-0.25, -0.2) is 9.97 Å². The molecule has 0 spiro atoms. The Morgan fingerprint density at radius 3 is 2.44 bits per heavy atom. The SMILES string of the molecule is COc1cc(C(=O)NCC(O)(c2cc(C(C)(C)N)cc(-c3ccc(Cl)nc3)n2)C(F)(F)F)ccc1OC1CC1. The number of halogens is 4. The molecule has 8 nitrogen and oxygen atoms in total. The summed E-state index contributed by atoms with van der Waals surface area (Å²) >= 11 is 5.85. The molecule has 1 fully saturated rings. The first-order valence-electron chi connectivity index (χ1n) is 12.1. The maximum atomic E-state index is 14.4. The van der Waals surface area contributed by atoms with E-state index in [1.165, 1.54) is 49.7 Å². The first-order valence-corrected chi connectivity index (χ1v) is 12.4. The Morgan fingerprint density at radius 1 is 1.15 bits per heavy atom. The molecule has 1 atom stereocenters. The lowest BCUT2D eigenvalue weighted by molar-refractivity contribution is -0.265. The quantitative estimate of drug-likeness (QED) is 0.322. The van der Waals surface area contributed by atoms with Gasteiger partial charge in [-0.15, -0.1) is 0 Å². The number of aliphatic hydroxyl groups is 1. The van der Waals surface area contributed by atoms with Crippen LogP contribution in [-0.4, -0.2) is 46.9 Å². The van der Waals surface area contributed by atoms with Crippen LogP contribution in [0.5, 0.6) is 11.5 Å². The van der Waals surface area contributed by atoms with Gasteiger partial charge in [-0.3, -0.25) is 4.79 Å². The number of methoxy groups -OCH3 is 1. The Balaban J connectivity index is 1.67. The van der Waals surface area contributed by atoms with E-state index in [2.05, 4.69) is 15.3 Å². The second-order valence-corrected chi connectivity index (χ2v) is 10.3. The van der Waals surface area contributed by atoms with Crippen molar-refractivity contribution < 1.29 is 32.5 Å². The van der Waals surface area contributed by atoms with Crippen molar-refractivity contribution in [1.82, 2.24) is 15.3 Å². The largest absolute Gasteiger partial charge is 0.493 e. The highest BCUT2D eigenvalue weighted by Crippen LogP contribution is 2.40. The molecular formula is C27H28ClF3N4O4. The second kappa shape index (κ2) is 10.6. The highest BCUT2D eigenvalue weighted by atomic mass is 35.5. The van der Waals surface area contributed by atoms with Crippen molar-refractivity contribution >= 4 is 17.5 Å². The van der Waals surface area contributed by atoms with Crippen LogP contribution in [0, 0.1) is 0 Å². The zero-order valence-corrected chi connectivity index (χ0v) is 22.2. The van der Waals surface area contributed by atoms with Crippen LogP contribution in [0.25, 0.3) is 11.3 Å². The molecule has 0 aliphatic heterocycles. The number of carbonyl (C=O) groups excluding carboxylic acids is 1. The molecule has 2 heterocycles. The summed E-state index contributed by atoms with van der Waals surface area (Å²) in [5, 5.41) is 13.4. The number of nitrogens with two attached hydrogens (primary N) is 1. The minimum Gasteiger partial charge on any atom is -0.493 e. The molecule has 2 aromatic heterocycles. The summed E-state index contributed by atoms with van der Waals surface area (Å²) in [4.78, 5) is 20.9. The van der Waals surface area contributed by atoms with Crippen molar-refractivity contribution in [3.8, 4) is 22.8 Å². The van der Waals surface area contributed by atoms with Crippen LogP contribution in [0.3, 0.4) is 0 Å². The predicted molar refractivity (Wildman–Crippen MR) is 139 cm³/mol. The van der Waals surface area contributed by atoms with Crippen LogP contribution in [-0.2, 0) is 11.1 Å². The molecule has 1 aliphatic carbocycles. The third-order valence-electron chi connectivity index (χ3n) is 6.23. The lowest BCUT2D eigenvalue weighted by Crippen LogP contribution is -2.51. The Morgan fingerprint density at radius 2 is 1.87 bits per heavy atom. The minimum absolute atomic E-state index is 0.0252. The molecule has 1 aromatic carbocycles. The lowest BCUT2D eigenvalue weighted by Gasteiger charge is -2.32. The van der Waals surface area contributed by atoms with E-state index >= 15 is 0 Å². The fourth-order valence-corrected chi connectivity index (χ4v) is 3.82. The standard InChI is InChI=1S/C27H28ClF3N4O4/c1-25(2,32)17-11-19(16-5-9-23(28)33-13-16)35-22(12-17)26(37,27(29,30)31)14-34-24(36)15-4-8-20(21(10-15)38-3)39-18-6-7-18/h4-5,8-13,18,37H,6-7,14,32H2,1-3H3,(H,34,36). The molecule has 0 bridgehead atoms. The maximum Gasteiger partial charge on any atom is 0.424 e. The van der Waals surface area contributed by atoms with Gasteiger partial charge in [0.1, 0.15) is 5.15 Å². The summed E-state index contributed by atoms with van der Waals surface area (Å²) < 4.78 is 54.2. The summed E-state index contributed by atoms with van der Waals surface area (Å²) in [5.74, 6) is -0.161. The van der Waals surface area contributed by atoms with Crippen LogP contribution in [0.15, 0.2) is 48.7 Å². The number of carbonyl (C=O) groups is 1. The summed E-state index contributed by atoms with van der Waals surface area (Å²) in [7, 11) is 1.39. The molecule has 12 heteroatoms. The van der Waals surface area contributed by atoms with E-state index in [9.17, 15) is 23.1 Å². The fraction of sp³-hybridized carbons (Fsp3) is 0.370. The van der Waals surface area contributed by atoms with Crippen molar-refractivity contribution in [3.63, 3.8) is 0 Å². The first-order chi connectivity index (χ1) is 18.2. The molecule has 1 saturated carbocycles. The van der Waals surface area contributed by atoms with Gasteiger partial charge in [0.15, 0.2) is 11.5 Å². The summed E-state index contributed by atoms with van der Waals surface area (Å²) in [6.07, 6.45) is -1.96. The number of rotatable bonds is 9. The number of amides is 1. The molecule has 0 radical (unpaired) electrons. The highest BCUT2D eigenvalue weighted by molar-refractivity contribution is 6.29. The van der Waals surface area contributed by atoms with Crippen LogP contribution in [0.4, 0.5) is 13.2 Å². The Bertz CT molecular complexity index is 1360. The molecule has 4 rings (SSSR count).